The molecule has 1 aliphatic heterocycles. The SMILES string of the molecule is CNC(=O)COC1CCN(c2cc(Nc3ccc(F)c(Cl)c3)ncn2)CC1. The summed E-state index contributed by atoms with van der Waals surface area (Å²) in [5.74, 6) is 0.808. The first-order valence-corrected chi connectivity index (χ1v) is 9.04. The molecule has 0 unspecified atom stereocenters. The third-order valence-corrected chi connectivity index (χ3v) is 4.63. The first-order valence-electron chi connectivity index (χ1n) is 8.66. The molecule has 0 radical (unpaired) electrons. The van der Waals surface area contributed by atoms with E-state index in [0.717, 1.165) is 31.7 Å². The zero-order chi connectivity index (χ0) is 19.2. The Bertz CT molecular complexity index is 799. The zero-order valence-corrected chi connectivity index (χ0v) is 15.7. The van der Waals surface area contributed by atoms with Gasteiger partial charge in [0.05, 0.1) is 11.1 Å². The molecule has 0 atom stereocenters. The third-order valence-electron chi connectivity index (χ3n) is 4.34. The quantitative estimate of drug-likeness (QED) is 0.785. The van der Waals surface area contributed by atoms with Crippen LogP contribution < -0.4 is 15.5 Å². The van der Waals surface area contributed by atoms with Gasteiger partial charge >= 0.3 is 0 Å². The van der Waals surface area contributed by atoms with Crippen LogP contribution in [-0.2, 0) is 9.53 Å². The van der Waals surface area contributed by atoms with Crippen LogP contribution in [0.4, 0.5) is 21.7 Å². The molecule has 2 N–H and O–H groups in total. The van der Waals surface area contributed by atoms with Crippen molar-refractivity contribution in [3.05, 3.63) is 41.4 Å². The van der Waals surface area contributed by atoms with E-state index in [1.165, 1.54) is 18.5 Å². The van der Waals surface area contributed by atoms with Crippen LogP contribution in [0.2, 0.25) is 5.02 Å². The number of hydrogen-bond donors (Lipinski definition) is 2. The second-order valence-corrected chi connectivity index (χ2v) is 6.59. The predicted molar refractivity (Wildman–Crippen MR) is 102 cm³/mol. The molecule has 0 spiro atoms. The molecule has 0 aliphatic carbocycles. The van der Waals surface area contributed by atoms with Gasteiger partial charge in [-0.15, -0.1) is 0 Å². The summed E-state index contributed by atoms with van der Waals surface area (Å²) in [5.41, 5.74) is 0.646. The molecule has 1 aromatic heterocycles. The Kier molecular flexibility index (Phi) is 6.41. The highest BCUT2D eigenvalue weighted by molar-refractivity contribution is 6.31. The van der Waals surface area contributed by atoms with Crippen molar-refractivity contribution in [3.63, 3.8) is 0 Å². The first kappa shape index (κ1) is 19.3. The Morgan fingerprint density at radius 1 is 1.33 bits per heavy atom. The highest BCUT2D eigenvalue weighted by Gasteiger charge is 2.21. The number of nitrogens with zero attached hydrogens (tertiary/aromatic N) is 3. The maximum Gasteiger partial charge on any atom is 0.245 e. The van der Waals surface area contributed by atoms with Crippen molar-refractivity contribution in [2.24, 2.45) is 0 Å². The molecular formula is C18H21ClFN5O2. The Labute approximate surface area is 161 Å². The van der Waals surface area contributed by atoms with Crippen molar-refractivity contribution >= 4 is 34.8 Å². The van der Waals surface area contributed by atoms with Gasteiger partial charge in [0.15, 0.2) is 0 Å². The number of piperidine rings is 1. The van der Waals surface area contributed by atoms with Crippen molar-refractivity contribution in [2.75, 3.05) is 37.0 Å². The van der Waals surface area contributed by atoms with Crippen LogP contribution in [0.25, 0.3) is 0 Å². The van der Waals surface area contributed by atoms with Crippen LogP contribution in [0.15, 0.2) is 30.6 Å². The van der Waals surface area contributed by atoms with Crippen molar-refractivity contribution < 1.29 is 13.9 Å². The molecule has 2 aromatic rings. The number of benzene rings is 1. The lowest BCUT2D eigenvalue weighted by atomic mass is 10.1. The van der Waals surface area contributed by atoms with Gasteiger partial charge in [-0.1, -0.05) is 11.6 Å². The van der Waals surface area contributed by atoms with Crippen molar-refractivity contribution in [1.82, 2.24) is 15.3 Å². The van der Waals surface area contributed by atoms with Gasteiger partial charge in [-0.05, 0) is 31.0 Å². The summed E-state index contributed by atoms with van der Waals surface area (Å²) >= 11 is 5.81. The fraction of sp³-hybridized carbons (Fsp3) is 0.389. The molecule has 144 valence electrons. The maximum atomic E-state index is 13.3. The zero-order valence-electron chi connectivity index (χ0n) is 14.9. The smallest absolute Gasteiger partial charge is 0.245 e. The molecule has 7 nitrogen and oxygen atoms in total. The summed E-state index contributed by atoms with van der Waals surface area (Å²) in [7, 11) is 1.59. The predicted octanol–water partition coefficient (Wildman–Crippen LogP) is 2.74. The topological polar surface area (TPSA) is 79.4 Å². The van der Waals surface area contributed by atoms with E-state index >= 15 is 0 Å². The van der Waals surface area contributed by atoms with E-state index in [2.05, 4.69) is 25.5 Å². The molecular weight excluding hydrogens is 373 g/mol. The van der Waals surface area contributed by atoms with E-state index in [1.54, 1.807) is 13.1 Å². The number of hydrogen-bond acceptors (Lipinski definition) is 6. The maximum absolute atomic E-state index is 13.3. The molecule has 3 rings (SSSR count). The normalized spacial score (nSPS) is 14.9. The average Bonchev–Trinajstić information content (AvgIpc) is 2.69. The molecule has 0 saturated carbocycles. The Balaban J connectivity index is 1.58. The van der Waals surface area contributed by atoms with Gasteiger partial charge in [0.1, 0.15) is 30.4 Å². The number of anilines is 3. The van der Waals surface area contributed by atoms with Crippen LogP contribution in [0.5, 0.6) is 0 Å². The number of ether oxygens (including phenoxy) is 1. The van der Waals surface area contributed by atoms with Crippen LogP contribution in [0.1, 0.15) is 12.8 Å². The second-order valence-electron chi connectivity index (χ2n) is 6.19. The summed E-state index contributed by atoms with van der Waals surface area (Å²) in [6.45, 7) is 1.64. The molecule has 0 bridgehead atoms. The monoisotopic (exact) mass is 393 g/mol. The number of carbonyl (C=O) groups excluding carboxylic acids is 1. The van der Waals surface area contributed by atoms with E-state index in [4.69, 9.17) is 16.3 Å². The minimum Gasteiger partial charge on any atom is -0.368 e. The number of aromatic nitrogens is 2. The third kappa shape index (κ3) is 5.27. The minimum atomic E-state index is -0.466. The molecule has 27 heavy (non-hydrogen) atoms. The lowest BCUT2D eigenvalue weighted by Crippen LogP contribution is -2.38. The summed E-state index contributed by atoms with van der Waals surface area (Å²) in [6, 6.07) is 6.24. The number of carbonyl (C=O) groups is 1. The second kappa shape index (κ2) is 8.96. The summed E-state index contributed by atoms with van der Waals surface area (Å²) in [4.78, 5) is 21.9. The van der Waals surface area contributed by atoms with Gasteiger partial charge in [0, 0.05) is 31.9 Å². The molecule has 2 heterocycles. The van der Waals surface area contributed by atoms with Gasteiger partial charge in [0.25, 0.3) is 0 Å². The molecule has 1 amide bonds. The van der Waals surface area contributed by atoms with Crippen molar-refractivity contribution in [1.29, 1.82) is 0 Å². The number of rotatable bonds is 6. The van der Waals surface area contributed by atoms with E-state index in [9.17, 15) is 9.18 Å². The fourth-order valence-electron chi connectivity index (χ4n) is 2.83. The summed E-state index contributed by atoms with van der Waals surface area (Å²) in [5, 5.41) is 5.70. The van der Waals surface area contributed by atoms with E-state index < -0.39 is 5.82 Å². The minimum absolute atomic E-state index is 0.0492. The van der Waals surface area contributed by atoms with Crippen LogP contribution in [0, 0.1) is 5.82 Å². The lowest BCUT2D eigenvalue weighted by Gasteiger charge is -2.32. The highest BCUT2D eigenvalue weighted by Crippen LogP contribution is 2.25. The summed E-state index contributed by atoms with van der Waals surface area (Å²) < 4.78 is 18.9. The van der Waals surface area contributed by atoms with Crippen molar-refractivity contribution in [3.8, 4) is 0 Å². The van der Waals surface area contributed by atoms with Gasteiger partial charge < -0.3 is 20.3 Å². The van der Waals surface area contributed by atoms with Gasteiger partial charge in [-0.3, -0.25) is 4.79 Å². The number of nitrogens with one attached hydrogen (secondary N) is 2. The highest BCUT2D eigenvalue weighted by atomic mass is 35.5. The van der Waals surface area contributed by atoms with Crippen LogP contribution in [0.3, 0.4) is 0 Å². The standard InChI is InChI=1S/C18H21ClFN5O2/c1-21-18(26)10-27-13-4-6-25(7-5-13)17-9-16(22-11-23-17)24-12-2-3-15(20)14(19)8-12/h2-3,8-9,11,13H,4-7,10H2,1H3,(H,21,26)(H,22,23,24). The first-order chi connectivity index (χ1) is 13.0. The largest absolute Gasteiger partial charge is 0.368 e. The molecule has 1 fully saturated rings. The van der Waals surface area contributed by atoms with Crippen molar-refractivity contribution in [2.45, 2.75) is 18.9 Å². The van der Waals surface area contributed by atoms with Gasteiger partial charge in [0.2, 0.25) is 5.91 Å². The Morgan fingerprint density at radius 2 is 2.11 bits per heavy atom. The average molecular weight is 394 g/mol. The molecule has 1 aliphatic rings. The number of likely N-dealkylation sites (N-methyl/N-ethyl adjacent to an activating group) is 1. The van der Waals surface area contributed by atoms with Gasteiger partial charge in [-0.25, -0.2) is 14.4 Å². The van der Waals surface area contributed by atoms with E-state index in [0.29, 0.717) is 11.5 Å². The molecule has 1 aromatic carbocycles. The number of halogens is 2. The fourth-order valence-corrected chi connectivity index (χ4v) is 3.01. The Hall–Kier alpha value is -2.45. The molecule has 1 saturated heterocycles. The molecule has 9 heteroatoms. The Morgan fingerprint density at radius 3 is 2.81 bits per heavy atom. The van der Waals surface area contributed by atoms with Crippen LogP contribution >= 0.6 is 11.6 Å². The van der Waals surface area contributed by atoms with Gasteiger partial charge in [-0.2, -0.15) is 0 Å². The summed E-state index contributed by atoms with van der Waals surface area (Å²) in [6.07, 6.45) is 3.19. The van der Waals surface area contributed by atoms with E-state index in [1.807, 2.05) is 6.07 Å². The lowest BCUT2D eigenvalue weighted by molar-refractivity contribution is -0.127. The number of amides is 1. The van der Waals surface area contributed by atoms with E-state index in [-0.39, 0.29) is 23.6 Å². The van der Waals surface area contributed by atoms with Crippen LogP contribution in [-0.4, -0.2) is 48.7 Å².